The van der Waals surface area contributed by atoms with Crippen LogP contribution in [0.2, 0.25) is 0 Å². The smallest absolute Gasteiger partial charge is 0.245 e. The fourth-order valence-corrected chi connectivity index (χ4v) is 3.17. The number of hydrogen-bond acceptors (Lipinski definition) is 3. The van der Waals surface area contributed by atoms with Gasteiger partial charge in [-0.2, -0.15) is 0 Å². The van der Waals surface area contributed by atoms with Gasteiger partial charge in [0.05, 0.1) is 0 Å². The Kier molecular flexibility index (Phi) is 5.02. The molecule has 0 spiro atoms. The molecule has 5 heteroatoms. The Hall–Kier alpha value is -1.10. The lowest BCUT2D eigenvalue weighted by Crippen LogP contribution is -2.63. The van der Waals surface area contributed by atoms with E-state index in [9.17, 15) is 9.59 Å². The molecule has 0 bridgehead atoms. The van der Waals surface area contributed by atoms with E-state index in [1.54, 1.807) is 4.90 Å². The molecule has 2 aliphatic heterocycles. The van der Waals surface area contributed by atoms with Crippen LogP contribution in [0.1, 0.15) is 40.0 Å². The Morgan fingerprint density at radius 2 is 1.85 bits per heavy atom. The second-order valence-electron chi connectivity index (χ2n) is 6.01. The summed E-state index contributed by atoms with van der Waals surface area (Å²) in [6.45, 7) is 10.0. The number of hydrogen-bond donors (Lipinski definition) is 1. The molecule has 2 aliphatic rings. The van der Waals surface area contributed by atoms with Crippen molar-refractivity contribution in [1.29, 1.82) is 0 Å². The van der Waals surface area contributed by atoms with Gasteiger partial charge >= 0.3 is 0 Å². The molecule has 2 amide bonds. The lowest BCUT2D eigenvalue weighted by Gasteiger charge is -2.40. The molecule has 2 fully saturated rings. The summed E-state index contributed by atoms with van der Waals surface area (Å²) in [4.78, 5) is 28.6. The van der Waals surface area contributed by atoms with E-state index < -0.39 is 0 Å². The minimum Gasteiger partial charge on any atom is -0.343 e. The molecule has 20 heavy (non-hydrogen) atoms. The molecule has 2 atom stereocenters. The van der Waals surface area contributed by atoms with Crippen molar-refractivity contribution >= 4 is 11.8 Å². The van der Waals surface area contributed by atoms with Gasteiger partial charge in [-0.15, -0.1) is 0 Å². The van der Waals surface area contributed by atoms with Gasteiger partial charge in [-0.05, 0) is 51.7 Å². The van der Waals surface area contributed by atoms with E-state index in [2.05, 4.69) is 17.1 Å². The monoisotopic (exact) mass is 281 g/mol. The van der Waals surface area contributed by atoms with Crippen molar-refractivity contribution in [1.82, 2.24) is 15.1 Å². The van der Waals surface area contributed by atoms with Crippen LogP contribution in [0.5, 0.6) is 0 Å². The first kappa shape index (κ1) is 15.3. The van der Waals surface area contributed by atoms with E-state index in [1.807, 2.05) is 13.8 Å². The third-order valence-electron chi connectivity index (χ3n) is 4.76. The summed E-state index contributed by atoms with van der Waals surface area (Å²) >= 11 is 0. The van der Waals surface area contributed by atoms with Crippen LogP contribution in [0.3, 0.4) is 0 Å². The molecule has 2 unspecified atom stereocenters. The van der Waals surface area contributed by atoms with Crippen molar-refractivity contribution in [3.63, 3.8) is 0 Å². The first-order chi connectivity index (χ1) is 9.56. The van der Waals surface area contributed by atoms with Crippen LogP contribution in [0.15, 0.2) is 0 Å². The number of rotatable bonds is 4. The highest BCUT2D eigenvalue weighted by atomic mass is 16.2. The van der Waals surface area contributed by atoms with Gasteiger partial charge in [-0.1, -0.05) is 13.8 Å². The summed E-state index contributed by atoms with van der Waals surface area (Å²) in [7, 11) is 0. The maximum atomic E-state index is 12.4. The van der Waals surface area contributed by atoms with Crippen molar-refractivity contribution in [2.75, 3.05) is 26.2 Å². The fourth-order valence-electron chi connectivity index (χ4n) is 3.17. The van der Waals surface area contributed by atoms with E-state index in [-0.39, 0.29) is 23.9 Å². The summed E-state index contributed by atoms with van der Waals surface area (Å²) in [5, 5.41) is 2.81. The van der Waals surface area contributed by atoms with Crippen LogP contribution in [0.25, 0.3) is 0 Å². The molecule has 0 saturated carbocycles. The predicted octanol–water partition coefficient (Wildman–Crippen LogP) is 0.844. The Balaban J connectivity index is 1.96. The van der Waals surface area contributed by atoms with E-state index >= 15 is 0 Å². The molecular weight excluding hydrogens is 254 g/mol. The zero-order chi connectivity index (χ0) is 14.7. The first-order valence-corrected chi connectivity index (χ1v) is 7.90. The van der Waals surface area contributed by atoms with Crippen molar-refractivity contribution in [3.05, 3.63) is 0 Å². The second-order valence-corrected chi connectivity index (χ2v) is 6.01. The third kappa shape index (κ3) is 3.14. The van der Waals surface area contributed by atoms with Crippen molar-refractivity contribution in [2.24, 2.45) is 5.92 Å². The third-order valence-corrected chi connectivity index (χ3v) is 4.76. The number of carbonyl (C=O) groups excluding carboxylic acids is 2. The number of amides is 2. The van der Waals surface area contributed by atoms with E-state index in [0.717, 1.165) is 39.0 Å². The predicted molar refractivity (Wildman–Crippen MR) is 78.2 cm³/mol. The summed E-state index contributed by atoms with van der Waals surface area (Å²) < 4.78 is 0. The normalized spacial score (nSPS) is 29.6. The first-order valence-electron chi connectivity index (χ1n) is 7.90. The molecule has 2 rings (SSSR count). The summed E-state index contributed by atoms with van der Waals surface area (Å²) in [5.74, 6) is 0.618. The maximum Gasteiger partial charge on any atom is 0.245 e. The molecule has 0 aromatic heterocycles. The Morgan fingerprint density at radius 3 is 2.40 bits per heavy atom. The Labute approximate surface area is 121 Å². The highest BCUT2D eigenvalue weighted by molar-refractivity contribution is 5.96. The lowest BCUT2D eigenvalue weighted by atomic mass is 9.94. The number of piperazine rings is 1. The molecule has 0 aromatic rings. The molecule has 2 saturated heterocycles. The molecule has 0 aliphatic carbocycles. The standard InChI is InChI=1S/C15H27N3O2/c1-4-13-15(20)18(11(3)14(19)16-13)10-12-6-8-17(5-2)9-7-12/h11-13H,4-10H2,1-3H3,(H,16,19). The highest BCUT2D eigenvalue weighted by Gasteiger charge is 2.38. The van der Waals surface area contributed by atoms with Gasteiger partial charge in [0.15, 0.2) is 0 Å². The zero-order valence-corrected chi connectivity index (χ0v) is 12.9. The van der Waals surface area contributed by atoms with Gasteiger partial charge in [-0.3, -0.25) is 9.59 Å². The minimum atomic E-state index is -0.325. The van der Waals surface area contributed by atoms with Gasteiger partial charge in [0.2, 0.25) is 11.8 Å². The van der Waals surface area contributed by atoms with Crippen molar-refractivity contribution in [2.45, 2.75) is 52.1 Å². The lowest BCUT2D eigenvalue weighted by molar-refractivity contribution is -0.149. The quantitative estimate of drug-likeness (QED) is 0.831. The van der Waals surface area contributed by atoms with E-state index in [1.165, 1.54) is 0 Å². The number of piperidine rings is 1. The number of nitrogens with zero attached hydrogens (tertiary/aromatic N) is 2. The average Bonchev–Trinajstić information content (AvgIpc) is 2.48. The van der Waals surface area contributed by atoms with Crippen LogP contribution in [0, 0.1) is 5.92 Å². The van der Waals surface area contributed by atoms with Crippen molar-refractivity contribution < 1.29 is 9.59 Å². The van der Waals surface area contributed by atoms with Gasteiger partial charge in [-0.25, -0.2) is 0 Å². The van der Waals surface area contributed by atoms with Crippen LogP contribution < -0.4 is 5.32 Å². The molecule has 5 nitrogen and oxygen atoms in total. The van der Waals surface area contributed by atoms with Crippen LogP contribution in [0.4, 0.5) is 0 Å². The Bertz CT molecular complexity index is 364. The van der Waals surface area contributed by atoms with Gasteiger partial charge in [0.25, 0.3) is 0 Å². The minimum absolute atomic E-state index is 0.0116. The van der Waals surface area contributed by atoms with Crippen LogP contribution in [-0.4, -0.2) is 59.9 Å². The van der Waals surface area contributed by atoms with E-state index in [0.29, 0.717) is 12.3 Å². The van der Waals surface area contributed by atoms with Crippen LogP contribution in [-0.2, 0) is 9.59 Å². The number of carbonyl (C=O) groups is 2. The Morgan fingerprint density at radius 1 is 1.20 bits per heavy atom. The zero-order valence-electron chi connectivity index (χ0n) is 12.9. The van der Waals surface area contributed by atoms with Gasteiger partial charge in [0.1, 0.15) is 12.1 Å². The molecule has 0 radical (unpaired) electrons. The number of likely N-dealkylation sites (tertiary alicyclic amines) is 1. The molecular formula is C15H27N3O2. The highest BCUT2D eigenvalue weighted by Crippen LogP contribution is 2.21. The molecule has 0 aromatic carbocycles. The molecule has 114 valence electrons. The summed E-state index contributed by atoms with van der Waals surface area (Å²) in [6.07, 6.45) is 2.92. The van der Waals surface area contributed by atoms with Gasteiger partial charge < -0.3 is 15.1 Å². The average molecular weight is 281 g/mol. The number of nitrogens with one attached hydrogen (secondary N) is 1. The fraction of sp³-hybridized carbons (Fsp3) is 0.867. The molecule has 2 heterocycles. The molecule has 1 N–H and O–H groups in total. The van der Waals surface area contributed by atoms with Crippen molar-refractivity contribution in [3.8, 4) is 0 Å². The maximum absolute atomic E-state index is 12.4. The van der Waals surface area contributed by atoms with Gasteiger partial charge in [0, 0.05) is 6.54 Å². The van der Waals surface area contributed by atoms with E-state index in [4.69, 9.17) is 0 Å². The largest absolute Gasteiger partial charge is 0.343 e. The second kappa shape index (κ2) is 6.57. The van der Waals surface area contributed by atoms with Crippen LogP contribution >= 0.6 is 0 Å². The summed E-state index contributed by atoms with van der Waals surface area (Å²) in [5.41, 5.74) is 0. The summed E-state index contributed by atoms with van der Waals surface area (Å²) in [6, 6.07) is -0.649. The topological polar surface area (TPSA) is 52.7 Å². The SMILES string of the molecule is CCC1NC(=O)C(C)N(CC2CCN(CC)CC2)C1=O.